The predicted molar refractivity (Wildman–Crippen MR) is 67.6 cm³/mol. The lowest BCUT2D eigenvalue weighted by atomic mass is 9.95. The van der Waals surface area contributed by atoms with Gasteiger partial charge in [-0.1, -0.05) is 12.1 Å². The number of carboxylic acid groups (broad SMARTS) is 1. The maximum atomic E-state index is 10.7. The monoisotopic (exact) mass is 252 g/mol. The number of hydrogen-bond donors (Lipinski definition) is 1. The summed E-state index contributed by atoms with van der Waals surface area (Å²) in [5.74, 6) is -1.62. The second-order valence-corrected chi connectivity index (χ2v) is 4.30. The van der Waals surface area contributed by atoms with Crippen molar-refractivity contribution in [1.29, 1.82) is 0 Å². The van der Waals surface area contributed by atoms with Crippen LogP contribution in [0.4, 0.5) is 5.69 Å². The van der Waals surface area contributed by atoms with Gasteiger partial charge in [-0.25, -0.2) is 0 Å². The third-order valence-corrected chi connectivity index (χ3v) is 2.67. The van der Waals surface area contributed by atoms with Crippen LogP contribution in [-0.4, -0.2) is 36.6 Å². The Hall–Kier alpha value is -2.11. The normalized spacial score (nSPS) is 11.9. The Morgan fingerprint density at radius 2 is 1.94 bits per heavy atom. The third kappa shape index (κ3) is 4.04. The van der Waals surface area contributed by atoms with Gasteiger partial charge in [-0.2, -0.15) is 0 Å². The van der Waals surface area contributed by atoms with Crippen LogP contribution in [0.25, 0.3) is 0 Å². The average Bonchev–Trinajstić information content (AvgIpc) is 2.27. The van der Waals surface area contributed by atoms with Crippen LogP contribution in [0.3, 0.4) is 0 Å². The van der Waals surface area contributed by atoms with Gasteiger partial charge in [-0.3, -0.25) is 14.9 Å². The number of hydrogen-bond acceptors (Lipinski definition) is 4. The summed E-state index contributed by atoms with van der Waals surface area (Å²) in [7, 11) is 3.78. The smallest absolute Gasteiger partial charge is 0.304 e. The molecule has 6 nitrogen and oxygen atoms in total. The molecule has 0 aliphatic rings. The Morgan fingerprint density at radius 3 is 2.33 bits per heavy atom. The summed E-state index contributed by atoms with van der Waals surface area (Å²) in [5.41, 5.74) is 1.65. The Morgan fingerprint density at radius 1 is 1.39 bits per heavy atom. The Kier molecular flexibility index (Phi) is 4.65. The lowest BCUT2D eigenvalue weighted by Gasteiger charge is -2.15. The zero-order valence-electron chi connectivity index (χ0n) is 10.4. The van der Waals surface area contributed by atoms with Gasteiger partial charge < -0.3 is 10.0 Å². The quantitative estimate of drug-likeness (QED) is 0.614. The second kappa shape index (κ2) is 6.00. The number of carboxylic acids is 1. The van der Waals surface area contributed by atoms with Crippen LogP contribution >= 0.6 is 0 Å². The van der Waals surface area contributed by atoms with E-state index in [-0.39, 0.29) is 13.0 Å². The first-order chi connectivity index (χ1) is 8.40. The first kappa shape index (κ1) is 14.0. The van der Waals surface area contributed by atoms with Crippen LogP contribution in [0.2, 0.25) is 0 Å². The van der Waals surface area contributed by atoms with Gasteiger partial charge in [-0.05, 0) is 17.7 Å². The van der Waals surface area contributed by atoms with Crippen molar-refractivity contribution in [3.63, 3.8) is 0 Å². The topological polar surface area (TPSA) is 83.7 Å². The first-order valence-electron chi connectivity index (χ1n) is 5.51. The number of benzene rings is 1. The first-order valence-corrected chi connectivity index (χ1v) is 5.51. The van der Waals surface area contributed by atoms with Crippen molar-refractivity contribution in [3.05, 3.63) is 39.9 Å². The summed E-state index contributed by atoms with van der Waals surface area (Å²) in [6, 6.07) is 7.13. The van der Waals surface area contributed by atoms with Crippen LogP contribution in [0.1, 0.15) is 17.9 Å². The Labute approximate surface area is 105 Å². The number of anilines is 1. The van der Waals surface area contributed by atoms with E-state index in [9.17, 15) is 14.9 Å². The molecule has 1 atom stereocenters. The van der Waals surface area contributed by atoms with E-state index in [0.29, 0.717) is 5.56 Å². The van der Waals surface area contributed by atoms with Crippen molar-refractivity contribution in [2.75, 3.05) is 25.5 Å². The fourth-order valence-corrected chi connectivity index (χ4v) is 1.72. The van der Waals surface area contributed by atoms with Gasteiger partial charge in [0.1, 0.15) is 0 Å². The minimum absolute atomic E-state index is 0.234. The number of nitrogens with zero attached hydrogens (tertiary/aromatic N) is 2. The molecule has 1 aromatic carbocycles. The average molecular weight is 252 g/mol. The maximum Gasteiger partial charge on any atom is 0.304 e. The van der Waals surface area contributed by atoms with Crippen molar-refractivity contribution >= 4 is 11.7 Å². The van der Waals surface area contributed by atoms with E-state index in [0.717, 1.165) is 5.69 Å². The molecule has 6 heteroatoms. The predicted octanol–water partition coefficient (Wildman–Crippen LogP) is 1.59. The highest BCUT2D eigenvalue weighted by atomic mass is 16.6. The molecule has 0 heterocycles. The number of rotatable bonds is 6. The largest absolute Gasteiger partial charge is 0.481 e. The summed E-state index contributed by atoms with van der Waals surface area (Å²) in [6.45, 7) is -0.367. The molecule has 1 rings (SSSR count). The molecular weight excluding hydrogens is 236 g/mol. The SMILES string of the molecule is CN(C)c1ccc(C(CC(=O)O)C[N+](=O)[O-])cc1. The van der Waals surface area contributed by atoms with Crippen molar-refractivity contribution in [3.8, 4) is 0 Å². The molecule has 0 radical (unpaired) electrons. The van der Waals surface area contributed by atoms with Crippen molar-refractivity contribution < 1.29 is 14.8 Å². The van der Waals surface area contributed by atoms with Crippen LogP contribution < -0.4 is 4.90 Å². The molecule has 0 spiro atoms. The highest BCUT2D eigenvalue weighted by Crippen LogP contribution is 2.22. The summed E-state index contributed by atoms with van der Waals surface area (Å²) in [5, 5.41) is 19.3. The fourth-order valence-electron chi connectivity index (χ4n) is 1.72. The van der Waals surface area contributed by atoms with Gasteiger partial charge in [-0.15, -0.1) is 0 Å². The summed E-state index contributed by atoms with van der Waals surface area (Å²) in [6.07, 6.45) is -0.234. The molecule has 1 aromatic rings. The third-order valence-electron chi connectivity index (χ3n) is 2.67. The lowest BCUT2D eigenvalue weighted by Crippen LogP contribution is -2.16. The van der Waals surface area contributed by atoms with Crippen LogP contribution in [-0.2, 0) is 4.79 Å². The summed E-state index contributed by atoms with van der Waals surface area (Å²) >= 11 is 0. The van der Waals surface area contributed by atoms with E-state index in [2.05, 4.69) is 0 Å². The molecule has 0 saturated heterocycles. The van der Waals surface area contributed by atoms with Gasteiger partial charge in [0.05, 0.1) is 12.3 Å². The molecule has 98 valence electrons. The van der Waals surface area contributed by atoms with Crippen LogP contribution in [0.15, 0.2) is 24.3 Å². The molecule has 0 aliphatic carbocycles. The Bertz CT molecular complexity index is 412. The molecule has 18 heavy (non-hydrogen) atoms. The lowest BCUT2D eigenvalue weighted by molar-refractivity contribution is -0.483. The Balaban J connectivity index is 2.90. The summed E-state index contributed by atoms with van der Waals surface area (Å²) in [4.78, 5) is 22.7. The minimum atomic E-state index is -1.03. The van der Waals surface area contributed by atoms with E-state index in [1.807, 2.05) is 31.1 Å². The summed E-state index contributed by atoms with van der Waals surface area (Å²) < 4.78 is 0. The molecule has 1 unspecified atom stereocenters. The second-order valence-electron chi connectivity index (χ2n) is 4.30. The van der Waals surface area contributed by atoms with E-state index < -0.39 is 16.8 Å². The molecule has 0 fully saturated rings. The molecule has 0 aliphatic heterocycles. The van der Waals surface area contributed by atoms with Crippen LogP contribution in [0.5, 0.6) is 0 Å². The van der Waals surface area contributed by atoms with E-state index in [1.54, 1.807) is 12.1 Å². The molecule has 0 bridgehead atoms. The zero-order valence-corrected chi connectivity index (χ0v) is 10.4. The molecule has 0 aromatic heterocycles. The standard InChI is InChI=1S/C12H16N2O4/c1-13(2)11-5-3-9(4-6-11)10(7-12(15)16)8-14(17)18/h3-6,10H,7-8H2,1-2H3,(H,15,16). The minimum Gasteiger partial charge on any atom is -0.481 e. The van der Waals surface area contributed by atoms with Crippen molar-refractivity contribution in [2.45, 2.75) is 12.3 Å². The van der Waals surface area contributed by atoms with Gasteiger partial charge in [0.2, 0.25) is 6.54 Å². The van der Waals surface area contributed by atoms with Crippen molar-refractivity contribution in [2.24, 2.45) is 0 Å². The maximum absolute atomic E-state index is 10.7. The van der Waals surface area contributed by atoms with Crippen LogP contribution in [0, 0.1) is 10.1 Å². The van der Waals surface area contributed by atoms with Gasteiger partial charge >= 0.3 is 5.97 Å². The highest BCUT2D eigenvalue weighted by Gasteiger charge is 2.21. The van der Waals surface area contributed by atoms with E-state index in [4.69, 9.17) is 5.11 Å². The van der Waals surface area contributed by atoms with Gasteiger partial charge in [0, 0.05) is 24.7 Å². The van der Waals surface area contributed by atoms with E-state index >= 15 is 0 Å². The number of nitro groups is 1. The van der Waals surface area contributed by atoms with Gasteiger partial charge in [0.25, 0.3) is 0 Å². The van der Waals surface area contributed by atoms with E-state index in [1.165, 1.54) is 0 Å². The number of carbonyl (C=O) groups is 1. The highest BCUT2D eigenvalue weighted by molar-refractivity contribution is 5.68. The number of aliphatic carboxylic acids is 1. The van der Waals surface area contributed by atoms with Gasteiger partial charge in [0.15, 0.2) is 0 Å². The zero-order chi connectivity index (χ0) is 13.7. The molecular formula is C12H16N2O4. The molecule has 0 amide bonds. The van der Waals surface area contributed by atoms with Crippen molar-refractivity contribution in [1.82, 2.24) is 0 Å². The molecule has 1 N–H and O–H groups in total. The molecule has 0 saturated carbocycles. The fraction of sp³-hybridized carbons (Fsp3) is 0.417.